The molecule has 0 saturated carbocycles. The van der Waals surface area contributed by atoms with Crippen LogP contribution in [0.5, 0.6) is 11.5 Å². The Morgan fingerprint density at radius 2 is 1.71 bits per heavy atom. The van der Waals surface area contributed by atoms with Crippen molar-refractivity contribution in [2.45, 2.75) is 31.2 Å². The maximum atomic E-state index is 13.0. The lowest BCUT2D eigenvalue weighted by molar-refractivity contribution is -0.384. The van der Waals surface area contributed by atoms with Crippen molar-refractivity contribution in [3.05, 3.63) is 52.1 Å². The van der Waals surface area contributed by atoms with Gasteiger partial charge in [-0.1, -0.05) is 19.9 Å². The fourth-order valence-electron chi connectivity index (χ4n) is 4.06. The van der Waals surface area contributed by atoms with Crippen LogP contribution in [0.3, 0.4) is 0 Å². The summed E-state index contributed by atoms with van der Waals surface area (Å²) in [6.45, 7) is 6.18. The number of nitrogens with one attached hydrogen (secondary N) is 1. The van der Waals surface area contributed by atoms with E-state index >= 15 is 0 Å². The van der Waals surface area contributed by atoms with Crippen LogP contribution in [0.4, 0.5) is 11.4 Å². The molecular formula is C23H29N3O7S. The molecule has 2 aliphatic heterocycles. The van der Waals surface area contributed by atoms with Crippen molar-refractivity contribution in [2.75, 3.05) is 44.8 Å². The van der Waals surface area contributed by atoms with Crippen LogP contribution in [0.25, 0.3) is 0 Å². The SMILES string of the molecule is CC(C)[C@H](Nc1ccc(S(=O)(=O)N2CCOCC2)cc1[N+](=O)[O-])c1ccc2c(c1)OCCCO2. The van der Waals surface area contributed by atoms with Crippen LogP contribution in [-0.2, 0) is 14.8 Å². The number of benzene rings is 2. The maximum Gasteiger partial charge on any atom is 0.293 e. The summed E-state index contributed by atoms with van der Waals surface area (Å²) in [6.07, 6.45) is 0.793. The molecule has 184 valence electrons. The highest BCUT2D eigenvalue weighted by molar-refractivity contribution is 7.89. The Morgan fingerprint density at radius 1 is 1.00 bits per heavy atom. The minimum atomic E-state index is -3.85. The predicted molar refractivity (Wildman–Crippen MR) is 126 cm³/mol. The third kappa shape index (κ3) is 5.11. The Bertz CT molecular complexity index is 1150. The summed E-state index contributed by atoms with van der Waals surface area (Å²) in [5, 5.41) is 15.2. The molecule has 2 aliphatic rings. The van der Waals surface area contributed by atoms with Gasteiger partial charge in [0.1, 0.15) is 5.69 Å². The summed E-state index contributed by atoms with van der Waals surface area (Å²) in [4.78, 5) is 11.2. The zero-order valence-electron chi connectivity index (χ0n) is 19.2. The molecule has 1 atom stereocenters. The van der Waals surface area contributed by atoms with E-state index in [1.807, 2.05) is 32.0 Å². The maximum absolute atomic E-state index is 13.0. The molecule has 1 fully saturated rings. The van der Waals surface area contributed by atoms with Crippen molar-refractivity contribution < 1.29 is 27.6 Å². The van der Waals surface area contributed by atoms with Crippen LogP contribution in [0.2, 0.25) is 0 Å². The number of hydrogen-bond donors (Lipinski definition) is 1. The van der Waals surface area contributed by atoms with Crippen LogP contribution < -0.4 is 14.8 Å². The van der Waals surface area contributed by atoms with Gasteiger partial charge in [-0.2, -0.15) is 4.31 Å². The van der Waals surface area contributed by atoms with Gasteiger partial charge in [0.2, 0.25) is 10.0 Å². The first-order valence-electron chi connectivity index (χ1n) is 11.3. The Kier molecular flexibility index (Phi) is 7.24. The second-order valence-corrected chi connectivity index (χ2v) is 10.5. The summed E-state index contributed by atoms with van der Waals surface area (Å²) in [5.41, 5.74) is 0.838. The molecule has 0 aliphatic carbocycles. The number of sulfonamides is 1. The highest BCUT2D eigenvalue weighted by Crippen LogP contribution is 2.38. The molecule has 1 N–H and O–H groups in total. The van der Waals surface area contributed by atoms with Crippen molar-refractivity contribution in [2.24, 2.45) is 5.92 Å². The number of nitro benzene ring substituents is 1. The van der Waals surface area contributed by atoms with Crippen molar-refractivity contribution >= 4 is 21.4 Å². The molecule has 2 heterocycles. The van der Waals surface area contributed by atoms with Gasteiger partial charge in [-0.05, 0) is 35.7 Å². The molecule has 0 radical (unpaired) electrons. The van der Waals surface area contributed by atoms with Crippen molar-refractivity contribution in [3.8, 4) is 11.5 Å². The van der Waals surface area contributed by atoms with Gasteiger partial charge in [0.05, 0.1) is 42.3 Å². The number of morpholine rings is 1. The van der Waals surface area contributed by atoms with Gasteiger partial charge in [-0.25, -0.2) is 8.42 Å². The van der Waals surface area contributed by atoms with Gasteiger partial charge in [-0.15, -0.1) is 0 Å². The number of fused-ring (bicyclic) bond motifs is 1. The van der Waals surface area contributed by atoms with Gasteiger partial charge in [-0.3, -0.25) is 10.1 Å². The third-order valence-electron chi connectivity index (χ3n) is 5.88. The minimum absolute atomic E-state index is 0.0705. The monoisotopic (exact) mass is 491 g/mol. The van der Waals surface area contributed by atoms with Crippen molar-refractivity contribution in [3.63, 3.8) is 0 Å². The van der Waals surface area contributed by atoms with Gasteiger partial charge < -0.3 is 19.5 Å². The average Bonchev–Trinajstić information content (AvgIpc) is 3.07. The highest BCUT2D eigenvalue weighted by atomic mass is 32.2. The quantitative estimate of drug-likeness (QED) is 0.461. The van der Waals surface area contributed by atoms with Gasteiger partial charge in [0, 0.05) is 25.6 Å². The Balaban J connectivity index is 1.65. The van der Waals surface area contributed by atoms with E-state index in [2.05, 4.69) is 5.32 Å². The second kappa shape index (κ2) is 10.2. The van der Waals surface area contributed by atoms with E-state index in [4.69, 9.17) is 14.2 Å². The summed E-state index contributed by atoms with van der Waals surface area (Å²) in [7, 11) is -3.85. The molecule has 4 rings (SSSR count). The van der Waals surface area contributed by atoms with E-state index in [9.17, 15) is 18.5 Å². The molecule has 11 heteroatoms. The third-order valence-corrected chi connectivity index (χ3v) is 7.78. The molecule has 2 aromatic carbocycles. The number of nitrogens with zero attached hydrogens (tertiary/aromatic N) is 2. The number of nitro groups is 1. The number of hydrogen-bond acceptors (Lipinski definition) is 8. The van der Waals surface area contributed by atoms with Crippen LogP contribution in [0.1, 0.15) is 31.9 Å². The average molecular weight is 492 g/mol. The summed E-state index contributed by atoms with van der Waals surface area (Å²) in [6, 6.07) is 9.36. The van der Waals surface area contributed by atoms with Gasteiger partial charge >= 0.3 is 0 Å². The molecular weight excluding hydrogens is 462 g/mol. The van der Waals surface area contributed by atoms with E-state index < -0.39 is 14.9 Å². The first-order chi connectivity index (χ1) is 16.3. The van der Waals surface area contributed by atoms with Gasteiger partial charge in [0.15, 0.2) is 11.5 Å². The Labute approximate surface area is 199 Å². The largest absolute Gasteiger partial charge is 0.490 e. The molecule has 0 spiro atoms. The molecule has 0 amide bonds. The smallest absolute Gasteiger partial charge is 0.293 e. The van der Waals surface area contributed by atoms with E-state index in [0.29, 0.717) is 37.9 Å². The van der Waals surface area contributed by atoms with Crippen LogP contribution in [0.15, 0.2) is 41.3 Å². The molecule has 34 heavy (non-hydrogen) atoms. The molecule has 10 nitrogen and oxygen atoms in total. The lowest BCUT2D eigenvalue weighted by Crippen LogP contribution is -2.40. The zero-order chi connectivity index (χ0) is 24.3. The molecule has 0 bridgehead atoms. The van der Waals surface area contributed by atoms with Crippen LogP contribution in [0, 0.1) is 16.0 Å². The topological polar surface area (TPSA) is 120 Å². The lowest BCUT2D eigenvalue weighted by atomic mass is 9.95. The Morgan fingerprint density at radius 3 is 2.38 bits per heavy atom. The van der Waals surface area contributed by atoms with Crippen molar-refractivity contribution in [1.29, 1.82) is 0 Å². The highest BCUT2D eigenvalue weighted by Gasteiger charge is 2.30. The molecule has 2 aromatic rings. The molecule has 0 aromatic heterocycles. The lowest BCUT2D eigenvalue weighted by Gasteiger charge is -2.27. The van der Waals surface area contributed by atoms with E-state index in [1.54, 1.807) is 0 Å². The summed E-state index contributed by atoms with van der Waals surface area (Å²) < 4.78 is 44.0. The fourth-order valence-corrected chi connectivity index (χ4v) is 5.49. The second-order valence-electron chi connectivity index (χ2n) is 8.58. The van der Waals surface area contributed by atoms with Crippen LogP contribution >= 0.6 is 0 Å². The Hall–Kier alpha value is -2.89. The number of ether oxygens (including phenoxy) is 3. The molecule has 1 saturated heterocycles. The predicted octanol–water partition coefficient (Wildman–Crippen LogP) is 3.59. The fraction of sp³-hybridized carbons (Fsp3) is 0.478. The number of anilines is 1. The van der Waals surface area contributed by atoms with Gasteiger partial charge in [0.25, 0.3) is 5.69 Å². The van der Waals surface area contributed by atoms with Crippen molar-refractivity contribution in [1.82, 2.24) is 4.31 Å². The summed E-state index contributed by atoms with van der Waals surface area (Å²) in [5.74, 6) is 1.39. The van der Waals surface area contributed by atoms with Crippen LogP contribution in [-0.4, -0.2) is 57.2 Å². The standard InChI is InChI=1S/C23H29N3O7S/c1-16(2)23(17-4-7-21-22(14-17)33-11-3-10-32-21)24-19-6-5-18(15-20(19)26(27)28)34(29,30)25-8-12-31-13-9-25/h4-7,14-16,23-24H,3,8-13H2,1-2H3/t23-/m0/s1. The minimum Gasteiger partial charge on any atom is -0.490 e. The molecule has 0 unspecified atom stereocenters. The first kappa shape index (κ1) is 24.2. The van der Waals surface area contributed by atoms with E-state index in [0.717, 1.165) is 18.1 Å². The first-order valence-corrected chi connectivity index (χ1v) is 12.7. The van der Waals surface area contributed by atoms with E-state index in [-0.39, 0.29) is 41.3 Å². The zero-order valence-corrected chi connectivity index (χ0v) is 20.0. The van der Waals surface area contributed by atoms with E-state index in [1.165, 1.54) is 16.4 Å². The number of rotatable bonds is 7. The normalized spacial score (nSPS) is 17.7. The summed E-state index contributed by atoms with van der Waals surface area (Å²) >= 11 is 0.